The van der Waals surface area contributed by atoms with Crippen molar-refractivity contribution >= 4 is 32.9 Å². The summed E-state index contributed by atoms with van der Waals surface area (Å²) in [5.74, 6) is -0.225. The average molecular weight is 345 g/mol. The summed E-state index contributed by atoms with van der Waals surface area (Å²) in [5.41, 5.74) is 3.61. The lowest BCUT2D eigenvalue weighted by atomic mass is 10.1. The number of aromatic nitrogens is 2. The van der Waals surface area contributed by atoms with Gasteiger partial charge in [0.2, 0.25) is 0 Å². The molecule has 3 rings (SSSR count). The van der Waals surface area contributed by atoms with Crippen LogP contribution in [0.5, 0.6) is 0 Å². The van der Waals surface area contributed by atoms with Crippen LogP contribution < -0.4 is 0 Å². The Hall–Kier alpha value is -2.14. The molecule has 106 valence electrons. The number of hydrogen-bond acceptors (Lipinski definition) is 2. The Morgan fingerprint density at radius 1 is 1.29 bits per heavy atom. The van der Waals surface area contributed by atoms with E-state index in [1.54, 1.807) is 4.57 Å². The number of nitrogens with zero attached hydrogens (tertiary/aromatic N) is 2. The lowest BCUT2D eigenvalue weighted by Crippen LogP contribution is -2.10. The minimum Gasteiger partial charge on any atom is -0.480 e. The van der Waals surface area contributed by atoms with Gasteiger partial charge in [0.05, 0.1) is 11.0 Å². The number of para-hydroxylation sites is 2. The van der Waals surface area contributed by atoms with Gasteiger partial charge in [-0.05, 0) is 31.2 Å². The molecule has 0 aliphatic rings. The summed E-state index contributed by atoms with van der Waals surface area (Å²) in [6.07, 6.45) is 0. The van der Waals surface area contributed by atoms with Gasteiger partial charge in [0.15, 0.2) is 0 Å². The second-order valence-electron chi connectivity index (χ2n) is 4.89. The molecule has 2 aromatic carbocycles. The topological polar surface area (TPSA) is 55.1 Å². The maximum Gasteiger partial charge on any atom is 0.323 e. The molecule has 0 amide bonds. The second kappa shape index (κ2) is 5.33. The zero-order valence-electron chi connectivity index (χ0n) is 11.4. The standard InChI is InChI=1S/C16H13BrN2O2/c1-10-6-7-12(17)11(8-10)16-18-13-4-2-3-5-14(13)19(16)9-15(20)21/h2-8H,9H2,1H3,(H,20,21). The van der Waals surface area contributed by atoms with Crippen LogP contribution >= 0.6 is 15.9 Å². The number of carboxylic acid groups (broad SMARTS) is 1. The fourth-order valence-corrected chi connectivity index (χ4v) is 2.81. The van der Waals surface area contributed by atoms with Gasteiger partial charge in [0.25, 0.3) is 0 Å². The third-order valence-corrected chi connectivity index (χ3v) is 4.00. The highest BCUT2D eigenvalue weighted by Crippen LogP contribution is 2.31. The van der Waals surface area contributed by atoms with Gasteiger partial charge in [-0.2, -0.15) is 0 Å². The van der Waals surface area contributed by atoms with E-state index in [0.29, 0.717) is 5.82 Å². The van der Waals surface area contributed by atoms with Crippen molar-refractivity contribution in [3.8, 4) is 11.4 Å². The minimum atomic E-state index is -0.886. The van der Waals surface area contributed by atoms with Crippen LogP contribution in [0.4, 0.5) is 0 Å². The molecule has 0 fully saturated rings. The first-order valence-corrected chi connectivity index (χ1v) is 7.29. The van der Waals surface area contributed by atoms with Gasteiger partial charge in [0, 0.05) is 10.0 Å². The largest absolute Gasteiger partial charge is 0.480 e. The number of aryl methyl sites for hydroxylation is 1. The number of hydrogen-bond donors (Lipinski definition) is 1. The molecule has 1 aromatic heterocycles. The van der Waals surface area contributed by atoms with E-state index in [4.69, 9.17) is 0 Å². The van der Waals surface area contributed by atoms with Crippen molar-refractivity contribution in [1.29, 1.82) is 0 Å². The third kappa shape index (κ3) is 2.56. The van der Waals surface area contributed by atoms with E-state index in [9.17, 15) is 9.90 Å². The molecule has 0 unspecified atom stereocenters. The van der Waals surface area contributed by atoms with Crippen LogP contribution in [-0.2, 0) is 11.3 Å². The molecule has 1 N–H and O–H groups in total. The van der Waals surface area contributed by atoms with Crippen molar-refractivity contribution in [3.63, 3.8) is 0 Å². The SMILES string of the molecule is Cc1ccc(Br)c(-c2nc3ccccc3n2CC(=O)O)c1. The van der Waals surface area contributed by atoms with Gasteiger partial charge in [-0.3, -0.25) is 4.79 Å². The van der Waals surface area contributed by atoms with Crippen LogP contribution in [0.1, 0.15) is 5.56 Å². The Balaban J connectivity index is 2.30. The third-order valence-electron chi connectivity index (χ3n) is 3.31. The summed E-state index contributed by atoms with van der Waals surface area (Å²) in [4.78, 5) is 15.8. The van der Waals surface area contributed by atoms with Crippen LogP contribution in [0.15, 0.2) is 46.9 Å². The zero-order valence-corrected chi connectivity index (χ0v) is 13.0. The van der Waals surface area contributed by atoms with Crippen molar-refractivity contribution in [3.05, 3.63) is 52.5 Å². The summed E-state index contributed by atoms with van der Waals surface area (Å²) in [7, 11) is 0. The summed E-state index contributed by atoms with van der Waals surface area (Å²) in [5, 5.41) is 9.18. The number of carboxylic acids is 1. The molecule has 4 nitrogen and oxygen atoms in total. The molecular formula is C16H13BrN2O2. The van der Waals surface area contributed by atoms with E-state index < -0.39 is 5.97 Å². The summed E-state index contributed by atoms with van der Waals surface area (Å²) < 4.78 is 2.63. The molecule has 0 aliphatic carbocycles. The number of imidazole rings is 1. The van der Waals surface area contributed by atoms with E-state index in [1.165, 1.54) is 0 Å². The van der Waals surface area contributed by atoms with Crippen LogP contribution in [0.2, 0.25) is 0 Å². The Morgan fingerprint density at radius 2 is 2.05 bits per heavy atom. The summed E-state index contributed by atoms with van der Waals surface area (Å²) >= 11 is 3.52. The maximum absolute atomic E-state index is 11.2. The van der Waals surface area contributed by atoms with Gasteiger partial charge >= 0.3 is 5.97 Å². The normalized spacial score (nSPS) is 11.0. The predicted molar refractivity (Wildman–Crippen MR) is 85.2 cm³/mol. The molecule has 0 radical (unpaired) electrons. The van der Waals surface area contributed by atoms with Crippen molar-refractivity contribution in [2.24, 2.45) is 0 Å². The Labute approximate surface area is 130 Å². The monoisotopic (exact) mass is 344 g/mol. The Morgan fingerprint density at radius 3 is 2.81 bits per heavy atom. The number of fused-ring (bicyclic) bond motifs is 1. The second-order valence-corrected chi connectivity index (χ2v) is 5.74. The molecular weight excluding hydrogens is 332 g/mol. The van der Waals surface area contributed by atoms with Crippen LogP contribution in [0, 0.1) is 6.92 Å². The number of benzene rings is 2. The van der Waals surface area contributed by atoms with Gasteiger partial charge in [-0.15, -0.1) is 0 Å². The van der Waals surface area contributed by atoms with Gasteiger partial charge in [-0.1, -0.05) is 39.7 Å². The van der Waals surface area contributed by atoms with E-state index >= 15 is 0 Å². The van der Waals surface area contributed by atoms with E-state index in [1.807, 2.05) is 49.4 Å². The number of aliphatic carboxylic acids is 1. The summed E-state index contributed by atoms with van der Waals surface area (Å²) in [6.45, 7) is 1.89. The first-order chi connectivity index (χ1) is 10.1. The molecule has 0 bridgehead atoms. The smallest absolute Gasteiger partial charge is 0.323 e. The highest BCUT2D eigenvalue weighted by Gasteiger charge is 2.16. The van der Waals surface area contributed by atoms with Crippen molar-refractivity contribution in [2.45, 2.75) is 13.5 Å². The molecule has 0 spiro atoms. The molecule has 5 heteroatoms. The minimum absolute atomic E-state index is 0.115. The van der Waals surface area contributed by atoms with Crippen molar-refractivity contribution in [1.82, 2.24) is 9.55 Å². The quantitative estimate of drug-likeness (QED) is 0.784. The first kappa shape index (κ1) is 13.8. The van der Waals surface area contributed by atoms with Gasteiger partial charge in [0.1, 0.15) is 12.4 Å². The molecule has 0 aliphatic heterocycles. The van der Waals surface area contributed by atoms with Crippen molar-refractivity contribution < 1.29 is 9.90 Å². The molecule has 1 heterocycles. The van der Waals surface area contributed by atoms with Crippen LogP contribution in [0.3, 0.4) is 0 Å². The fourth-order valence-electron chi connectivity index (χ4n) is 2.39. The lowest BCUT2D eigenvalue weighted by Gasteiger charge is -2.09. The first-order valence-electron chi connectivity index (χ1n) is 6.50. The molecule has 0 atom stereocenters. The number of rotatable bonds is 3. The Kier molecular flexibility index (Phi) is 3.51. The van der Waals surface area contributed by atoms with E-state index in [-0.39, 0.29) is 6.54 Å². The maximum atomic E-state index is 11.2. The highest BCUT2D eigenvalue weighted by atomic mass is 79.9. The van der Waals surface area contributed by atoms with Crippen LogP contribution in [-0.4, -0.2) is 20.6 Å². The lowest BCUT2D eigenvalue weighted by molar-refractivity contribution is -0.137. The van der Waals surface area contributed by atoms with Gasteiger partial charge in [-0.25, -0.2) is 4.98 Å². The van der Waals surface area contributed by atoms with E-state index in [0.717, 1.165) is 26.6 Å². The molecule has 21 heavy (non-hydrogen) atoms. The molecule has 0 saturated carbocycles. The van der Waals surface area contributed by atoms with E-state index in [2.05, 4.69) is 20.9 Å². The van der Waals surface area contributed by atoms with Gasteiger partial charge < -0.3 is 9.67 Å². The number of carbonyl (C=O) groups is 1. The number of halogens is 1. The summed E-state index contributed by atoms with van der Waals surface area (Å²) in [6, 6.07) is 13.5. The predicted octanol–water partition coefficient (Wildman–Crippen LogP) is 3.86. The highest BCUT2D eigenvalue weighted by molar-refractivity contribution is 9.10. The molecule has 0 saturated heterocycles. The van der Waals surface area contributed by atoms with Crippen molar-refractivity contribution in [2.75, 3.05) is 0 Å². The molecule has 3 aromatic rings. The average Bonchev–Trinajstić information content (AvgIpc) is 2.80. The Bertz CT molecular complexity index is 839. The zero-order chi connectivity index (χ0) is 15.0. The van der Waals surface area contributed by atoms with Crippen LogP contribution in [0.25, 0.3) is 22.4 Å². The fraction of sp³-hybridized carbons (Fsp3) is 0.125.